The van der Waals surface area contributed by atoms with Gasteiger partial charge in [-0.3, -0.25) is 9.80 Å². The van der Waals surface area contributed by atoms with Crippen molar-refractivity contribution < 1.29 is 9.47 Å². The van der Waals surface area contributed by atoms with E-state index in [0.29, 0.717) is 5.92 Å². The number of hydrogen-bond donors (Lipinski definition) is 0. The maximum Gasteiger partial charge on any atom is 0.153 e. The third-order valence-electron chi connectivity index (χ3n) is 6.46. The van der Waals surface area contributed by atoms with E-state index in [2.05, 4.69) is 45.1 Å². The molecule has 5 rings (SSSR count). The molecule has 0 amide bonds. The Morgan fingerprint density at radius 1 is 1.03 bits per heavy atom. The summed E-state index contributed by atoms with van der Waals surface area (Å²) in [5.74, 6) is 1.43. The molecule has 2 saturated heterocycles. The lowest BCUT2D eigenvalue weighted by Crippen LogP contribution is -2.31. The van der Waals surface area contributed by atoms with Crippen LogP contribution in [0.5, 0.6) is 5.75 Å². The number of fused-ring (bicyclic) bond motifs is 1. The van der Waals surface area contributed by atoms with Gasteiger partial charge >= 0.3 is 0 Å². The van der Waals surface area contributed by atoms with Crippen molar-refractivity contribution in [2.75, 3.05) is 52.5 Å². The van der Waals surface area contributed by atoms with Crippen LogP contribution >= 0.6 is 0 Å². The number of rotatable bonds is 8. The minimum absolute atomic E-state index is 0.411. The molecule has 0 aliphatic carbocycles. The molecule has 2 aliphatic rings. The number of benzene rings is 1. The summed E-state index contributed by atoms with van der Waals surface area (Å²) in [6.45, 7) is 8.54. The Bertz CT molecular complexity index is 1000. The van der Waals surface area contributed by atoms with Crippen molar-refractivity contribution in [2.24, 2.45) is 5.92 Å². The summed E-state index contributed by atoms with van der Waals surface area (Å²) in [7, 11) is 0. The van der Waals surface area contributed by atoms with Gasteiger partial charge in [-0.05, 0) is 50.6 Å². The highest BCUT2D eigenvalue weighted by Gasteiger charge is 2.21. The first kappa shape index (κ1) is 21.4. The number of imidazole rings is 1. The standard InChI is InChI=1S/C25H33N5O2/c1-2-6-24(32-16-14-28-10-3-4-11-28)22(5-1)19-29-13-15-31-20-21(18-29)17-23-7-8-25-26-9-12-30(25)27-23/h1-2,5-9,12,21H,3-4,10-11,13-20H2/t21-/m1/s1. The number of nitrogens with zero attached hydrogens (tertiary/aromatic N) is 5. The highest BCUT2D eigenvalue weighted by atomic mass is 16.5. The van der Waals surface area contributed by atoms with E-state index in [1.54, 1.807) is 6.20 Å². The number of aromatic nitrogens is 3. The average Bonchev–Trinajstić information content (AvgIpc) is 3.44. The van der Waals surface area contributed by atoms with Gasteiger partial charge in [0.15, 0.2) is 5.65 Å². The molecule has 0 N–H and O–H groups in total. The summed E-state index contributed by atoms with van der Waals surface area (Å²) < 4.78 is 14.0. The number of ether oxygens (including phenoxy) is 2. The first-order valence-electron chi connectivity index (χ1n) is 11.9. The van der Waals surface area contributed by atoms with Gasteiger partial charge in [0, 0.05) is 50.1 Å². The number of hydrogen-bond acceptors (Lipinski definition) is 6. The largest absolute Gasteiger partial charge is 0.492 e. The third kappa shape index (κ3) is 5.46. The van der Waals surface area contributed by atoms with Gasteiger partial charge in [0.1, 0.15) is 12.4 Å². The van der Waals surface area contributed by atoms with Crippen molar-refractivity contribution in [3.05, 3.63) is 60.0 Å². The molecular weight excluding hydrogens is 402 g/mol. The fourth-order valence-electron chi connectivity index (χ4n) is 4.79. The van der Waals surface area contributed by atoms with Crippen LogP contribution in [0.15, 0.2) is 48.8 Å². The lowest BCUT2D eigenvalue weighted by molar-refractivity contribution is 0.121. The van der Waals surface area contributed by atoms with Crippen molar-refractivity contribution in [3.63, 3.8) is 0 Å². The van der Waals surface area contributed by atoms with Crippen LogP contribution < -0.4 is 4.74 Å². The first-order valence-corrected chi connectivity index (χ1v) is 11.9. The van der Waals surface area contributed by atoms with Crippen molar-refractivity contribution in [2.45, 2.75) is 25.8 Å². The molecule has 32 heavy (non-hydrogen) atoms. The third-order valence-corrected chi connectivity index (χ3v) is 6.46. The summed E-state index contributed by atoms with van der Waals surface area (Å²) in [5, 5.41) is 4.71. The van der Waals surface area contributed by atoms with Crippen LogP contribution in [0.4, 0.5) is 0 Å². The summed E-state index contributed by atoms with van der Waals surface area (Å²) in [4.78, 5) is 9.28. The lowest BCUT2D eigenvalue weighted by atomic mass is 10.0. The zero-order chi connectivity index (χ0) is 21.6. The van der Waals surface area contributed by atoms with Gasteiger partial charge < -0.3 is 9.47 Å². The van der Waals surface area contributed by atoms with Gasteiger partial charge in [-0.25, -0.2) is 9.50 Å². The van der Waals surface area contributed by atoms with E-state index >= 15 is 0 Å². The van der Waals surface area contributed by atoms with Crippen molar-refractivity contribution in [1.29, 1.82) is 0 Å². The van der Waals surface area contributed by atoms with Crippen LogP contribution in [0.1, 0.15) is 24.1 Å². The molecule has 2 fully saturated rings. The Morgan fingerprint density at radius 2 is 1.94 bits per heavy atom. The van der Waals surface area contributed by atoms with E-state index in [9.17, 15) is 0 Å². The number of para-hydroxylation sites is 1. The fourth-order valence-corrected chi connectivity index (χ4v) is 4.79. The topological polar surface area (TPSA) is 55.1 Å². The SMILES string of the molecule is c1ccc(OCCN2CCCC2)c(CN2CCOC[C@H](Cc3ccc4nccn4n3)C2)c1. The molecule has 0 radical (unpaired) electrons. The van der Waals surface area contributed by atoms with Crippen LogP contribution in [0.2, 0.25) is 0 Å². The van der Waals surface area contributed by atoms with Crippen molar-refractivity contribution in [3.8, 4) is 5.75 Å². The van der Waals surface area contributed by atoms with Gasteiger partial charge in [-0.2, -0.15) is 5.10 Å². The van der Waals surface area contributed by atoms with E-state index in [-0.39, 0.29) is 0 Å². The predicted octanol–water partition coefficient (Wildman–Crippen LogP) is 2.90. The first-order chi connectivity index (χ1) is 15.8. The Kier molecular flexibility index (Phi) is 6.96. The number of likely N-dealkylation sites (tertiary alicyclic amines) is 1. The maximum absolute atomic E-state index is 6.21. The maximum atomic E-state index is 6.21. The molecular formula is C25H33N5O2. The second kappa shape index (κ2) is 10.4. The molecule has 0 unspecified atom stereocenters. The van der Waals surface area contributed by atoms with Gasteiger partial charge in [-0.15, -0.1) is 0 Å². The van der Waals surface area contributed by atoms with Crippen LogP contribution in [0.3, 0.4) is 0 Å². The van der Waals surface area contributed by atoms with E-state index in [4.69, 9.17) is 14.6 Å². The van der Waals surface area contributed by atoms with Crippen LogP contribution in [-0.2, 0) is 17.7 Å². The molecule has 2 aromatic heterocycles. The quantitative estimate of drug-likeness (QED) is 0.542. The zero-order valence-electron chi connectivity index (χ0n) is 18.7. The Balaban J connectivity index is 1.19. The highest BCUT2D eigenvalue weighted by Crippen LogP contribution is 2.22. The molecule has 3 aromatic rings. The second-order valence-corrected chi connectivity index (χ2v) is 8.94. The zero-order valence-corrected chi connectivity index (χ0v) is 18.7. The van der Waals surface area contributed by atoms with Gasteiger partial charge in [0.05, 0.1) is 18.9 Å². The molecule has 0 spiro atoms. The monoisotopic (exact) mass is 435 g/mol. The van der Waals surface area contributed by atoms with Crippen LogP contribution in [0.25, 0.3) is 5.65 Å². The van der Waals surface area contributed by atoms with Crippen molar-refractivity contribution in [1.82, 2.24) is 24.4 Å². The Morgan fingerprint density at radius 3 is 2.88 bits per heavy atom. The fraction of sp³-hybridized carbons (Fsp3) is 0.520. The second-order valence-electron chi connectivity index (χ2n) is 8.94. The smallest absolute Gasteiger partial charge is 0.153 e. The molecule has 4 heterocycles. The van der Waals surface area contributed by atoms with E-state index in [1.807, 2.05) is 16.8 Å². The summed E-state index contributed by atoms with van der Waals surface area (Å²) in [5.41, 5.74) is 3.22. The summed E-state index contributed by atoms with van der Waals surface area (Å²) in [6, 6.07) is 12.6. The normalized spacial score (nSPS) is 20.6. The average molecular weight is 436 g/mol. The molecule has 1 aromatic carbocycles. The van der Waals surface area contributed by atoms with Crippen LogP contribution in [0, 0.1) is 5.92 Å². The summed E-state index contributed by atoms with van der Waals surface area (Å²) >= 11 is 0. The van der Waals surface area contributed by atoms with E-state index in [1.165, 1.54) is 31.5 Å². The van der Waals surface area contributed by atoms with Gasteiger partial charge in [0.2, 0.25) is 0 Å². The molecule has 0 saturated carbocycles. The molecule has 170 valence electrons. The molecule has 2 aliphatic heterocycles. The minimum Gasteiger partial charge on any atom is -0.492 e. The van der Waals surface area contributed by atoms with Crippen LogP contribution in [-0.4, -0.2) is 76.9 Å². The molecule has 0 bridgehead atoms. The lowest BCUT2D eigenvalue weighted by Gasteiger charge is -2.24. The molecule has 7 heteroatoms. The molecule has 1 atom stereocenters. The predicted molar refractivity (Wildman–Crippen MR) is 124 cm³/mol. The van der Waals surface area contributed by atoms with Crippen molar-refractivity contribution >= 4 is 5.65 Å². The van der Waals surface area contributed by atoms with E-state index < -0.39 is 0 Å². The Hall–Kier alpha value is -2.48. The summed E-state index contributed by atoms with van der Waals surface area (Å²) in [6.07, 6.45) is 7.22. The van der Waals surface area contributed by atoms with E-state index in [0.717, 1.165) is 69.5 Å². The van der Waals surface area contributed by atoms with Gasteiger partial charge in [0.25, 0.3) is 0 Å². The highest BCUT2D eigenvalue weighted by molar-refractivity contribution is 5.36. The minimum atomic E-state index is 0.411. The van der Waals surface area contributed by atoms with Gasteiger partial charge in [-0.1, -0.05) is 18.2 Å². The molecule has 7 nitrogen and oxygen atoms in total. The Labute approximate surface area is 189 Å².